The van der Waals surface area contributed by atoms with E-state index in [1.807, 2.05) is 20.8 Å². The minimum atomic E-state index is -0.659. The fourth-order valence-corrected chi connectivity index (χ4v) is 3.75. The van der Waals surface area contributed by atoms with Gasteiger partial charge in [-0.2, -0.15) is 0 Å². The summed E-state index contributed by atoms with van der Waals surface area (Å²) in [7, 11) is 1.59. The molecule has 2 heterocycles. The van der Waals surface area contributed by atoms with Gasteiger partial charge in [0.25, 0.3) is 5.91 Å². The third-order valence-corrected chi connectivity index (χ3v) is 5.10. The van der Waals surface area contributed by atoms with E-state index in [-0.39, 0.29) is 12.5 Å². The number of hydrogen-bond acceptors (Lipinski definition) is 7. The van der Waals surface area contributed by atoms with Crippen molar-refractivity contribution < 1.29 is 23.5 Å². The molecule has 0 aliphatic carbocycles. The average Bonchev–Trinajstić information content (AvgIpc) is 3.32. The van der Waals surface area contributed by atoms with Crippen molar-refractivity contribution in [3.8, 4) is 11.5 Å². The largest absolute Gasteiger partial charge is 0.444 e. The van der Waals surface area contributed by atoms with Gasteiger partial charge in [0.2, 0.25) is 11.8 Å². The molecule has 2 aromatic rings. The number of aromatic nitrogens is 2. The fraction of sp³-hybridized carbons (Fsp3) is 0.545. The van der Waals surface area contributed by atoms with Gasteiger partial charge in [0.15, 0.2) is 0 Å². The number of aryl methyl sites for hydroxylation is 1. The van der Waals surface area contributed by atoms with E-state index in [1.165, 1.54) is 0 Å². The Morgan fingerprint density at radius 1 is 1.29 bits per heavy atom. The normalized spacial score (nSPS) is 18.8. The van der Waals surface area contributed by atoms with Gasteiger partial charge in [0.1, 0.15) is 5.60 Å². The first kappa shape index (κ1) is 22.7. The first-order valence-electron chi connectivity index (χ1n) is 10.3. The molecule has 0 saturated carbocycles. The van der Waals surface area contributed by atoms with Gasteiger partial charge < -0.3 is 19.2 Å². The highest BCUT2D eigenvalue weighted by atomic mass is 16.6. The van der Waals surface area contributed by atoms with Crippen molar-refractivity contribution in [2.75, 3.05) is 26.8 Å². The van der Waals surface area contributed by atoms with Gasteiger partial charge in [-0.05, 0) is 51.8 Å². The predicted molar refractivity (Wildman–Crippen MR) is 114 cm³/mol. The monoisotopic (exact) mass is 430 g/mol. The highest BCUT2D eigenvalue weighted by Crippen LogP contribution is 2.31. The van der Waals surface area contributed by atoms with E-state index in [0.29, 0.717) is 42.5 Å². The molecule has 1 N–H and O–H groups in total. The van der Waals surface area contributed by atoms with Crippen LogP contribution in [0.25, 0.3) is 11.5 Å². The molecule has 9 heteroatoms. The Morgan fingerprint density at radius 3 is 2.71 bits per heavy atom. The zero-order valence-electron chi connectivity index (χ0n) is 18.7. The number of amides is 2. The Labute approximate surface area is 182 Å². The lowest BCUT2D eigenvalue weighted by Crippen LogP contribution is -2.57. The van der Waals surface area contributed by atoms with Crippen LogP contribution in [0.4, 0.5) is 4.79 Å². The van der Waals surface area contributed by atoms with Gasteiger partial charge >= 0.3 is 6.09 Å². The summed E-state index contributed by atoms with van der Waals surface area (Å²) >= 11 is 0. The average molecular weight is 431 g/mol. The van der Waals surface area contributed by atoms with E-state index in [9.17, 15) is 9.59 Å². The summed E-state index contributed by atoms with van der Waals surface area (Å²) in [6, 6.07) is 6.98. The number of methoxy groups -OCH3 is 1. The van der Waals surface area contributed by atoms with Crippen LogP contribution in [0.1, 0.15) is 49.9 Å². The smallest absolute Gasteiger partial charge is 0.410 e. The summed E-state index contributed by atoms with van der Waals surface area (Å²) in [6.45, 7) is 8.31. The molecule has 2 amide bonds. The summed E-state index contributed by atoms with van der Waals surface area (Å²) in [5.74, 6) is 0.550. The van der Waals surface area contributed by atoms with E-state index in [1.54, 1.807) is 43.2 Å². The van der Waals surface area contributed by atoms with Crippen molar-refractivity contribution in [3.05, 3.63) is 35.7 Å². The number of likely N-dealkylation sites (tertiary alicyclic amines) is 1. The van der Waals surface area contributed by atoms with Crippen LogP contribution >= 0.6 is 0 Å². The number of hydrogen-bond donors (Lipinski definition) is 1. The Morgan fingerprint density at radius 2 is 2.06 bits per heavy atom. The quantitative estimate of drug-likeness (QED) is 0.750. The van der Waals surface area contributed by atoms with E-state index in [2.05, 4.69) is 15.5 Å². The molecule has 1 atom stereocenters. The van der Waals surface area contributed by atoms with Gasteiger partial charge in [0.05, 0.1) is 12.1 Å². The molecule has 1 saturated heterocycles. The van der Waals surface area contributed by atoms with Crippen molar-refractivity contribution in [1.82, 2.24) is 20.4 Å². The van der Waals surface area contributed by atoms with Crippen molar-refractivity contribution in [2.24, 2.45) is 0 Å². The molecule has 1 unspecified atom stereocenters. The van der Waals surface area contributed by atoms with E-state index >= 15 is 0 Å². The number of carbonyl (C=O) groups is 2. The molecular formula is C22H30N4O5. The number of rotatable bonds is 6. The summed E-state index contributed by atoms with van der Waals surface area (Å²) in [5.41, 5.74) is -0.137. The van der Waals surface area contributed by atoms with Crippen LogP contribution in [0.15, 0.2) is 28.7 Å². The number of benzene rings is 1. The van der Waals surface area contributed by atoms with Crippen LogP contribution in [0.3, 0.4) is 0 Å². The van der Waals surface area contributed by atoms with Gasteiger partial charge in [-0.15, -0.1) is 10.2 Å². The Balaban J connectivity index is 1.74. The van der Waals surface area contributed by atoms with Crippen LogP contribution in [-0.2, 0) is 9.47 Å². The summed E-state index contributed by atoms with van der Waals surface area (Å²) in [6.07, 6.45) is 1.12. The molecule has 3 rings (SSSR count). The van der Waals surface area contributed by atoms with Crippen LogP contribution in [0, 0.1) is 6.92 Å². The second kappa shape index (κ2) is 9.05. The molecule has 1 fully saturated rings. The molecule has 0 bridgehead atoms. The molecular weight excluding hydrogens is 400 g/mol. The number of carbonyl (C=O) groups excluding carboxylic acids is 2. The lowest BCUT2D eigenvalue weighted by molar-refractivity contribution is -0.0104. The molecule has 1 aromatic carbocycles. The maximum Gasteiger partial charge on any atom is 0.410 e. The Bertz CT molecular complexity index is 936. The molecule has 0 spiro atoms. The number of ether oxygens (including phenoxy) is 2. The highest BCUT2D eigenvalue weighted by molar-refractivity contribution is 5.95. The molecule has 168 valence electrons. The van der Waals surface area contributed by atoms with Crippen LogP contribution < -0.4 is 5.32 Å². The van der Waals surface area contributed by atoms with Crippen molar-refractivity contribution in [3.63, 3.8) is 0 Å². The molecule has 1 aromatic heterocycles. The number of nitrogens with zero attached hydrogens (tertiary/aromatic N) is 3. The maximum atomic E-state index is 12.9. The molecule has 1 aliphatic heterocycles. The van der Waals surface area contributed by atoms with Crippen molar-refractivity contribution in [1.29, 1.82) is 0 Å². The lowest BCUT2D eigenvalue weighted by Gasteiger charge is -2.38. The fourth-order valence-electron chi connectivity index (χ4n) is 3.75. The predicted octanol–water partition coefficient (Wildman–Crippen LogP) is 3.19. The second-order valence-corrected chi connectivity index (χ2v) is 8.78. The minimum Gasteiger partial charge on any atom is -0.444 e. The Kier molecular flexibility index (Phi) is 6.64. The van der Waals surface area contributed by atoms with Gasteiger partial charge in [0, 0.05) is 38.2 Å². The van der Waals surface area contributed by atoms with Gasteiger partial charge in [-0.1, -0.05) is 6.07 Å². The standard InChI is InChI=1S/C22H30N4O5/c1-15-24-25-19(30-15)17-9-6-8-16(12-17)18(27)23-13-22(14-29-5)10-7-11-26(22)20(28)31-21(2,3)4/h6,8-9,12H,7,10-11,13-14H2,1-5H3,(H,23,27). The molecule has 0 radical (unpaired) electrons. The summed E-state index contributed by atoms with van der Waals surface area (Å²) in [5, 5.41) is 10.8. The summed E-state index contributed by atoms with van der Waals surface area (Å²) < 4.78 is 16.5. The van der Waals surface area contributed by atoms with Crippen LogP contribution in [0.5, 0.6) is 0 Å². The van der Waals surface area contributed by atoms with Crippen molar-refractivity contribution >= 4 is 12.0 Å². The first-order valence-corrected chi connectivity index (χ1v) is 10.3. The van der Waals surface area contributed by atoms with E-state index < -0.39 is 17.2 Å². The third kappa shape index (κ3) is 5.41. The van der Waals surface area contributed by atoms with Crippen LogP contribution in [-0.4, -0.2) is 65.0 Å². The Hall–Kier alpha value is -2.94. The number of nitrogens with one attached hydrogen (secondary N) is 1. The lowest BCUT2D eigenvalue weighted by atomic mass is 9.97. The molecule has 1 aliphatic rings. The zero-order valence-corrected chi connectivity index (χ0v) is 18.7. The van der Waals surface area contributed by atoms with E-state index in [4.69, 9.17) is 13.9 Å². The maximum absolute atomic E-state index is 12.9. The minimum absolute atomic E-state index is 0.253. The summed E-state index contributed by atoms with van der Waals surface area (Å²) in [4.78, 5) is 27.4. The third-order valence-electron chi connectivity index (χ3n) is 5.10. The van der Waals surface area contributed by atoms with Crippen molar-refractivity contribution in [2.45, 2.75) is 51.7 Å². The van der Waals surface area contributed by atoms with Crippen LogP contribution in [0.2, 0.25) is 0 Å². The van der Waals surface area contributed by atoms with Gasteiger partial charge in [-0.3, -0.25) is 9.69 Å². The van der Waals surface area contributed by atoms with E-state index in [0.717, 1.165) is 6.42 Å². The zero-order chi connectivity index (χ0) is 22.6. The second-order valence-electron chi connectivity index (χ2n) is 8.78. The van der Waals surface area contributed by atoms with Gasteiger partial charge in [-0.25, -0.2) is 4.79 Å². The topological polar surface area (TPSA) is 107 Å². The highest BCUT2D eigenvalue weighted by Gasteiger charge is 2.45. The first-order chi connectivity index (χ1) is 14.6. The SMILES string of the molecule is COCC1(CNC(=O)c2cccc(-c3nnc(C)o3)c2)CCCN1C(=O)OC(C)(C)C. The molecule has 9 nitrogen and oxygen atoms in total. The molecule has 31 heavy (non-hydrogen) atoms.